The molecule has 1 saturated heterocycles. The van der Waals surface area contributed by atoms with Crippen molar-refractivity contribution < 1.29 is 4.79 Å². The van der Waals surface area contributed by atoms with Crippen molar-refractivity contribution in [3.8, 4) is 0 Å². The Balaban J connectivity index is 2.18. The topological polar surface area (TPSA) is 23.6 Å². The third-order valence-corrected chi connectivity index (χ3v) is 2.87. The van der Waals surface area contributed by atoms with Gasteiger partial charge in [-0.25, -0.2) is 0 Å². The van der Waals surface area contributed by atoms with Crippen molar-refractivity contribution in [2.45, 2.75) is 12.5 Å². The minimum absolute atomic E-state index is 0.0465. The summed E-state index contributed by atoms with van der Waals surface area (Å²) in [7, 11) is 3.91. The zero-order valence-electron chi connectivity index (χ0n) is 9.18. The van der Waals surface area contributed by atoms with E-state index in [1.165, 1.54) is 0 Å². The van der Waals surface area contributed by atoms with Crippen LogP contribution < -0.4 is 4.90 Å². The fourth-order valence-electron chi connectivity index (χ4n) is 2.01. The number of likely N-dealkylation sites (N-methyl/N-ethyl adjacent to an activating group) is 1. The van der Waals surface area contributed by atoms with Crippen molar-refractivity contribution in [2.75, 3.05) is 25.5 Å². The van der Waals surface area contributed by atoms with Crippen LogP contribution in [-0.2, 0) is 4.79 Å². The Morgan fingerprint density at radius 2 is 1.93 bits per heavy atom. The minimum atomic E-state index is 0.0465. The van der Waals surface area contributed by atoms with E-state index < -0.39 is 0 Å². The van der Waals surface area contributed by atoms with Crippen molar-refractivity contribution in [1.29, 1.82) is 0 Å². The maximum atomic E-state index is 12.0. The molecule has 1 aromatic rings. The SMILES string of the molecule is CN(C)C1CCN(c2ccccc2)C1=O. The number of carbonyl (C=O) groups excluding carboxylic acids is 1. The lowest BCUT2D eigenvalue weighted by atomic mass is 10.2. The first-order valence-electron chi connectivity index (χ1n) is 5.23. The fraction of sp³-hybridized carbons (Fsp3) is 0.417. The van der Waals surface area contributed by atoms with Crippen LogP contribution in [0.25, 0.3) is 0 Å². The lowest BCUT2D eigenvalue weighted by Gasteiger charge is -2.19. The molecule has 1 aliphatic rings. The molecule has 0 radical (unpaired) electrons. The normalized spacial score (nSPS) is 21.4. The van der Waals surface area contributed by atoms with Gasteiger partial charge in [0.05, 0.1) is 6.04 Å². The third-order valence-electron chi connectivity index (χ3n) is 2.87. The zero-order valence-corrected chi connectivity index (χ0v) is 9.18. The number of amides is 1. The lowest BCUT2D eigenvalue weighted by Crippen LogP contribution is -2.37. The van der Waals surface area contributed by atoms with E-state index in [0.717, 1.165) is 18.7 Å². The van der Waals surface area contributed by atoms with Crippen molar-refractivity contribution in [1.82, 2.24) is 4.90 Å². The van der Waals surface area contributed by atoms with Gasteiger partial charge >= 0.3 is 0 Å². The van der Waals surface area contributed by atoms with Gasteiger partial charge in [0.2, 0.25) is 5.91 Å². The van der Waals surface area contributed by atoms with Crippen LogP contribution >= 0.6 is 0 Å². The van der Waals surface area contributed by atoms with E-state index in [4.69, 9.17) is 0 Å². The molecule has 1 aromatic carbocycles. The van der Waals surface area contributed by atoms with Gasteiger partial charge in [-0.1, -0.05) is 18.2 Å². The highest BCUT2D eigenvalue weighted by Crippen LogP contribution is 2.22. The Morgan fingerprint density at radius 1 is 1.27 bits per heavy atom. The highest BCUT2D eigenvalue weighted by Gasteiger charge is 2.33. The van der Waals surface area contributed by atoms with Crippen LogP contribution in [0.15, 0.2) is 30.3 Å². The van der Waals surface area contributed by atoms with Crippen LogP contribution in [0.4, 0.5) is 5.69 Å². The summed E-state index contributed by atoms with van der Waals surface area (Å²) in [5.74, 6) is 0.214. The molecule has 0 saturated carbocycles. The summed E-state index contributed by atoms with van der Waals surface area (Å²) in [5, 5.41) is 0. The second-order valence-electron chi connectivity index (χ2n) is 4.09. The number of rotatable bonds is 2. The van der Waals surface area contributed by atoms with Gasteiger partial charge in [-0.05, 0) is 32.6 Å². The molecule has 0 N–H and O–H groups in total. The number of anilines is 1. The summed E-state index contributed by atoms with van der Waals surface area (Å²) in [5.41, 5.74) is 1.01. The van der Waals surface area contributed by atoms with Crippen molar-refractivity contribution in [3.05, 3.63) is 30.3 Å². The number of para-hydroxylation sites is 1. The van der Waals surface area contributed by atoms with E-state index in [0.29, 0.717) is 0 Å². The first-order chi connectivity index (χ1) is 7.20. The molecule has 1 amide bonds. The Kier molecular flexibility index (Phi) is 2.73. The summed E-state index contributed by atoms with van der Waals surface area (Å²) in [6.45, 7) is 0.825. The summed E-state index contributed by atoms with van der Waals surface area (Å²) >= 11 is 0. The van der Waals surface area contributed by atoms with Gasteiger partial charge in [0.1, 0.15) is 0 Å². The highest BCUT2D eigenvalue weighted by molar-refractivity contribution is 5.99. The van der Waals surface area contributed by atoms with Crippen LogP contribution in [0.5, 0.6) is 0 Å². The molecule has 3 heteroatoms. The summed E-state index contributed by atoms with van der Waals surface area (Å²) in [6, 6.07) is 9.90. The fourth-order valence-corrected chi connectivity index (χ4v) is 2.01. The maximum absolute atomic E-state index is 12.0. The lowest BCUT2D eigenvalue weighted by molar-refractivity contribution is -0.120. The Morgan fingerprint density at radius 3 is 2.47 bits per heavy atom. The molecule has 1 atom stereocenters. The molecular weight excluding hydrogens is 188 g/mol. The Labute approximate surface area is 90.3 Å². The number of benzene rings is 1. The van der Waals surface area contributed by atoms with E-state index >= 15 is 0 Å². The van der Waals surface area contributed by atoms with Gasteiger partial charge in [0.15, 0.2) is 0 Å². The first-order valence-corrected chi connectivity index (χ1v) is 5.23. The zero-order chi connectivity index (χ0) is 10.8. The molecule has 0 bridgehead atoms. The molecule has 2 rings (SSSR count). The monoisotopic (exact) mass is 204 g/mol. The van der Waals surface area contributed by atoms with Gasteiger partial charge in [-0.3, -0.25) is 9.69 Å². The molecule has 0 aliphatic carbocycles. The molecule has 80 valence electrons. The molecule has 15 heavy (non-hydrogen) atoms. The quantitative estimate of drug-likeness (QED) is 0.726. The molecule has 0 aromatic heterocycles. The van der Waals surface area contributed by atoms with Gasteiger partial charge in [-0.15, -0.1) is 0 Å². The number of hydrogen-bond donors (Lipinski definition) is 0. The summed E-state index contributed by atoms with van der Waals surface area (Å²) in [6.07, 6.45) is 0.917. The van der Waals surface area contributed by atoms with E-state index in [-0.39, 0.29) is 11.9 Å². The van der Waals surface area contributed by atoms with Crippen molar-refractivity contribution >= 4 is 11.6 Å². The number of hydrogen-bond acceptors (Lipinski definition) is 2. The largest absolute Gasteiger partial charge is 0.311 e. The molecule has 1 fully saturated rings. The van der Waals surface area contributed by atoms with Crippen LogP contribution in [0.2, 0.25) is 0 Å². The second kappa shape index (κ2) is 4.03. The van der Waals surface area contributed by atoms with Gasteiger partial charge in [0.25, 0.3) is 0 Å². The van der Waals surface area contributed by atoms with Crippen LogP contribution in [0, 0.1) is 0 Å². The standard InChI is InChI=1S/C12H16N2O/c1-13(2)11-8-9-14(12(11)15)10-6-4-3-5-7-10/h3-7,11H,8-9H2,1-2H3. The predicted octanol–water partition coefficient (Wildman–Crippen LogP) is 1.35. The highest BCUT2D eigenvalue weighted by atomic mass is 16.2. The molecule has 1 aliphatic heterocycles. The van der Waals surface area contributed by atoms with E-state index in [1.54, 1.807) is 0 Å². The predicted molar refractivity (Wildman–Crippen MR) is 60.9 cm³/mol. The smallest absolute Gasteiger partial charge is 0.244 e. The summed E-state index contributed by atoms with van der Waals surface area (Å²) < 4.78 is 0. The molecule has 1 heterocycles. The summed E-state index contributed by atoms with van der Waals surface area (Å²) in [4.78, 5) is 15.9. The number of nitrogens with zero attached hydrogens (tertiary/aromatic N) is 2. The maximum Gasteiger partial charge on any atom is 0.244 e. The van der Waals surface area contributed by atoms with Crippen molar-refractivity contribution in [2.24, 2.45) is 0 Å². The van der Waals surface area contributed by atoms with Crippen LogP contribution in [0.3, 0.4) is 0 Å². The molecule has 0 spiro atoms. The Bertz CT molecular complexity index is 348. The average molecular weight is 204 g/mol. The molecule has 3 nitrogen and oxygen atoms in total. The van der Waals surface area contributed by atoms with Gasteiger partial charge in [-0.2, -0.15) is 0 Å². The minimum Gasteiger partial charge on any atom is -0.311 e. The number of carbonyl (C=O) groups is 1. The van der Waals surface area contributed by atoms with E-state index in [9.17, 15) is 4.79 Å². The van der Waals surface area contributed by atoms with E-state index in [1.807, 2.05) is 54.2 Å². The van der Waals surface area contributed by atoms with Crippen molar-refractivity contribution in [3.63, 3.8) is 0 Å². The third kappa shape index (κ3) is 1.88. The average Bonchev–Trinajstić information content (AvgIpc) is 2.61. The van der Waals surface area contributed by atoms with Gasteiger partial charge < -0.3 is 4.90 Å². The second-order valence-corrected chi connectivity index (χ2v) is 4.09. The molecule has 1 unspecified atom stereocenters. The first kappa shape index (κ1) is 10.2. The molecular formula is C12H16N2O. The van der Waals surface area contributed by atoms with Crippen LogP contribution in [-0.4, -0.2) is 37.5 Å². The Hall–Kier alpha value is -1.35. The van der Waals surface area contributed by atoms with E-state index in [2.05, 4.69) is 0 Å². The van der Waals surface area contributed by atoms with Crippen LogP contribution in [0.1, 0.15) is 6.42 Å². The van der Waals surface area contributed by atoms with Gasteiger partial charge in [0, 0.05) is 12.2 Å².